The quantitative estimate of drug-likeness (QED) is 0.883. The lowest BCUT2D eigenvalue weighted by molar-refractivity contribution is 0.0691. The van der Waals surface area contributed by atoms with Gasteiger partial charge in [0.25, 0.3) is 10.0 Å². The zero-order chi connectivity index (χ0) is 15.6. The molecular formula is C11H7ClFN3O4S. The van der Waals surface area contributed by atoms with Crippen LogP contribution in [0.3, 0.4) is 0 Å². The molecule has 0 atom stereocenters. The number of hydrogen-bond acceptors (Lipinski definition) is 5. The van der Waals surface area contributed by atoms with Gasteiger partial charge in [-0.2, -0.15) is 5.10 Å². The summed E-state index contributed by atoms with van der Waals surface area (Å²) in [5, 5.41) is 15.5. The van der Waals surface area contributed by atoms with Gasteiger partial charge < -0.3 is 5.11 Å². The van der Waals surface area contributed by atoms with Crippen molar-refractivity contribution >= 4 is 33.4 Å². The number of hydrogen-bond donors (Lipinski definition) is 2. The second-order valence-corrected chi connectivity index (χ2v) is 5.87. The van der Waals surface area contributed by atoms with Crippen LogP contribution in [-0.2, 0) is 10.0 Å². The molecule has 2 aromatic rings. The lowest BCUT2D eigenvalue weighted by Gasteiger charge is -2.09. The second-order valence-electron chi connectivity index (χ2n) is 3.79. The second kappa shape index (κ2) is 5.62. The first kappa shape index (κ1) is 15.1. The summed E-state index contributed by atoms with van der Waals surface area (Å²) in [4.78, 5) is 9.98. The first-order valence-corrected chi connectivity index (χ1v) is 7.20. The van der Waals surface area contributed by atoms with E-state index in [0.29, 0.717) is 0 Å². The molecule has 0 unspecified atom stereocenters. The summed E-state index contributed by atoms with van der Waals surface area (Å²) in [6.07, 6.45) is 1.32. The van der Waals surface area contributed by atoms with Crippen molar-refractivity contribution < 1.29 is 22.7 Å². The van der Waals surface area contributed by atoms with Crippen LogP contribution >= 0.6 is 11.6 Å². The molecule has 0 aliphatic carbocycles. The fourth-order valence-corrected chi connectivity index (χ4v) is 2.87. The van der Waals surface area contributed by atoms with E-state index in [2.05, 4.69) is 10.2 Å². The maximum Gasteiger partial charge on any atom is 0.338 e. The van der Waals surface area contributed by atoms with E-state index in [1.54, 1.807) is 0 Å². The van der Waals surface area contributed by atoms with Gasteiger partial charge in [-0.3, -0.25) is 4.72 Å². The molecular weight excluding hydrogens is 325 g/mol. The van der Waals surface area contributed by atoms with Gasteiger partial charge in [0.15, 0.2) is 11.6 Å². The third-order valence-electron chi connectivity index (χ3n) is 2.34. The number of nitrogens with zero attached hydrogens (tertiary/aromatic N) is 2. The molecule has 0 bridgehead atoms. The van der Waals surface area contributed by atoms with E-state index >= 15 is 0 Å². The molecule has 0 saturated carbocycles. The average molecular weight is 332 g/mol. The third-order valence-corrected chi connectivity index (χ3v) is 3.91. The Bertz CT molecular complexity index is 799. The molecule has 1 heterocycles. The highest BCUT2D eigenvalue weighted by atomic mass is 35.5. The lowest BCUT2D eigenvalue weighted by atomic mass is 10.2. The molecule has 0 saturated heterocycles. The van der Waals surface area contributed by atoms with Gasteiger partial charge in [-0.25, -0.2) is 17.6 Å². The Morgan fingerprint density at radius 1 is 1.38 bits per heavy atom. The van der Waals surface area contributed by atoms with E-state index in [1.165, 1.54) is 18.3 Å². The smallest absolute Gasteiger partial charge is 0.338 e. The number of sulfonamides is 1. The zero-order valence-electron chi connectivity index (χ0n) is 10.1. The number of nitrogens with one attached hydrogen (secondary N) is 1. The molecule has 0 spiro atoms. The van der Waals surface area contributed by atoms with E-state index in [0.717, 1.165) is 12.1 Å². The molecule has 2 N–H and O–H groups in total. The van der Waals surface area contributed by atoms with Gasteiger partial charge in [0, 0.05) is 11.2 Å². The van der Waals surface area contributed by atoms with Gasteiger partial charge in [-0.05, 0) is 24.3 Å². The van der Waals surface area contributed by atoms with E-state index in [1.807, 2.05) is 4.72 Å². The highest BCUT2D eigenvalue weighted by molar-refractivity contribution is 7.92. The van der Waals surface area contributed by atoms with Gasteiger partial charge >= 0.3 is 5.97 Å². The number of rotatable bonds is 4. The fourth-order valence-electron chi connectivity index (χ4n) is 1.46. The maximum absolute atomic E-state index is 14.0. The highest BCUT2D eigenvalue weighted by Gasteiger charge is 2.25. The predicted molar refractivity (Wildman–Crippen MR) is 71.2 cm³/mol. The molecule has 0 aliphatic heterocycles. The van der Waals surface area contributed by atoms with Crippen molar-refractivity contribution in [3.05, 3.63) is 46.9 Å². The van der Waals surface area contributed by atoms with Crippen LogP contribution < -0.4 is 4.72 Å². The molecule has 21 heavy (non-hydrogen) atoms. The van der Waals surface area contributed by atoms with Crippen molar-refractivity contribution in [2.75, 3.05) is 4.72 Å². The average Bonchev–Trinajstić information content (AvgIpc) is 2.41. The van der Waals surface area contributed by atoms with Crippen LogP contribution in [0, 0.1) is 5.82 Å². The maximum atomic E-state index is 14.0. The van der Waals surface area contributed by atoms with Crippen LogP contribution in [0.5, 0.6) is 0 Å². The fraction of sp³-hybridized carbons (Fsp3) is 0. The number of carbonyl (C=O) groups is 1. The Hall–Kier alpha value is -2.26. The lowest BCUT2D eigenvalue weighted by Crippen LogP contribution is -2.17. The van der Waals surface area contributed by atoms with E-state index < -0.39 is 32.3 Å². The predicted octanol–water partition coefficient (Wildman–Crippen LogP) is 1.77. The normalized spacial score (nSPS) is 11.1. The van der Waals surface area contributed by atoms with Crippen LogP contribution in [0.2, 0.25) is 5.02 Å². The number of anilines is 1. The number of aromatic carboxylic acids is 1. The highest BCUT2D eigenvalue weighted by Crippen LogP contribution is 2.25. The van der Waals surface area contributed by atoms with Crippen molar-refractivity contribution in [1.29, 1.82) is 0 Å². The monoisotopic (exact) mass is 331 g/mol. The first-order chi connectivity index (χ1) is 9.81. The van der Waals surface area contributed by atoms with E-state index in [-0.39, 0.29) is 10.8 Å². The molecule has 110 valence electrons. The topological polar surface area (TPSA) is 109 Å². The van der Waals surface area contributed by atoms with Gasteiger partial charge in [0.1, 0.15) is 4.90 Å². The van der Waals surface area contributed by atoms with Gasteiger partial charge in [-0.15, -0.1) is 5.10 Å². The first-order valence-electron chi connectivity index (χ1n) is 5.34. The summed E-state index contributed by atoms with van der Waals surface area (Å²) >= 11 is 5.62. The van der Waals surface area contributed by atoms with Crippen LogP contribution in [0.1, 0.15) is 10.4 Å². The number of carboxylic acid groups (broad SMARTS) is 1. The van der Waals surface area contributed by atoms with Crippen LogP contribution in [0.4, 0.5) is 10.2 Å². The minimum absolute atomic E-state index is 0.145. The molecule has 2 rings (SSSR count). The minimum atomic E-state index is -4.40. The van der Waals surface area contributed by atoms with Crippen LogP contribution in [0.25, 0.3) is 0 Å². The molecule has 1 aromatic heterocycles. The van der Waals surface area contributed by atoms with Gasteiger partial charge in [0.05, 0.1) is 5.56 Å². The van der Waals surface area contributed by atoms with Crippen molar-refractivity contribution in [3.63, 3.8) is 0 Å². The summed E-state index contributed by atoms with van der Waals surface area (Å²) in [7, 11) is -4.40. The van der Waals surface area contributed by atoms with Gasteiger partial charge in [0.2, 0.25) is 0 Å². The zero-order valence-corrected chi connectivity index (χ0v) is 11.7. The molecule has 10 heteroatoms. The standard InChI is InChI=1S/C11H7ClFN3O4S/c12-6-4-7(11(17)18)10(13)8(5-6)21(19,20)16-9-2-1-3-14-15-9/h1-5H,(H,15,16)(H,17,18). The Morgan fingerprint density at radius 3 is 2.67 bits per heavy atom. The Kier molecular flexibility index (Phi) is 4.05. The number of halogens is 2. The summed E-state index contributed by atoms with van der Waals surface area (Å²) in [6.45, 7) is 0. The molecule has 0 aliphatic rings. The molecule has 0 radical (unpaired) electrons. The van der Waals surface area contributed by atoms with Gasteiger partial charge in [-0.1, -0.05) is 11.6 Å². The van der Waals surface area contributed by atoms with Crippen molar-refractivity contribution in [2.45, 2.75) is 4.90 Å². The number of carboxylic acids is 1. The van der Waals surface area contributed by atoms with Crippen LogP contribution in [0.15, 0.2) is 35.4 Å². The molecule has 1 aromatic carbocycles. The number of benzene rings is 1. The van der Waals surface area contributed by atoms with Crippen molar-refractivity contribution in [1.82, 2.24) is 10.2 Å². The molecule has 0 amide bonds. The largest absolute Gasteiger partial charge is 0.478 e. The van der Waals surface area contributed by atoms with E-state index in [9.17, 15) is 17.6 Å². The SMILES string of the molecule is O=C(O)c1cc(Cl)cc(S(=O)(=O)Nc2cccnn2)c1F. The summed E-state index contributed by atoms with van der Waals surface area (Å²) in [5.41, 5.74) is -0.845. The summed E-state index contributed by atoms with van der Waals surface area (Å²) in [5.74, 6) is -3.19. The summed E-state index contributed by atoms with van der Waals surface area (Å²) in [6, 6.07) is 4.34. The molecule has 0 fully saturated rings. The minimum Gasteiger partial charge on any atom is -0.478 e. The van der Waals surface area contributed by atoms with Crippen molar-refractivity contribution in [3.8, 4) is 0 Å². The van der Waals surface area contributed by atoms with Crippen LogP contribution in [-0.4, -0.2) is 29.7 Å². The molecule has 7 nitrogen and oxygen atoms in total. The van der Waals surface area contributed by atoms with Crippen molar-refractivity contribution in [2.24, 2.45) is 0 Å². The Morgan fingerprint density at radius 2 is 2.10 bits per heavy atom. The third kappa shape index (κ3) is 3.26. The Labute approximate surface area is 123 Å². The van der Waals surface area contributed by atoms with E-state index in [4.69, 9.17) is 16.7 Å². The summed E-state index contributed by atoms with van der Waals surface area (Å²) < 4.78 is 40.1. The Balaban J connectivity index is 2.53. The number of aromatic nitrogens is 2.